The Bertz CT molecular complexity index is 1090. The maximum Gasteiger partial charge on any atom is 0.252 e. The summed E-state index contributed by atoms with van der Waals surface area (Å²) >= 11 is 1.12. The van der Waals surface area contributed by atoms with Crippen molar-refractivity contribution in [3.05, 3.63) is 41.5 Å². The first-order chi connectivity index (χ1) is 13.4. The molecule has 0 aliphatic carbocycles. The Morgan fingerprint density at radius 1 is 1.43 bits per heavy atom. The molecule has 10 heteroatoms. The van der Waals surface area contributed by atoms with E-state index in [-0.39, 0.29) is 16.9 Å². The second-order valence-corrected chi connectivity index (χ2v) is 9.82. The number of fused-ring (bicyclic) bond motifs is 1. The zero-order valence-corrected chi connectivity index (χ0v) is 16.8. The number of hydrogen-bond acceptors (Lipinski definition) is 6. The van der Waals surface area contributed by atoms with E-state index in [4.69, 9.17) is 4.74 Å². The molecule has 28 heavy (non-hydrogen) atoms. The fourth-order valence-corrected chi connectivity index (χ4v) is 5.43. The van der Waals surface area contributed by atoms with E-state index in [9.17, 15) is 13.2 Å². The van der Waals surface area contributed by atoms with Crippen LogP contribution in [0.4, 0.5) is 5.69 Å². The van der Waals surface area contributed by atoms with Crippen molar-refractivity contribution in [2.24, 2.45) is 0 Å². The van der Waals surface area contributed by atoms with E-state index >= 15 is 0 Å². The van der Waals surface area contributed by atoms with Crippen LogP contribution >= 0.6 is 11.3 Å². The van der Waals surface area contributed by atoms with Crippen molar-refractivity contribution in [1.82, 2.24) is 14.3 Å². The second-order valence-electron chi connectivity index (χ2n) is 6.60. The van der Waals surface area contributed by atoms with Gasteiger partial charge in [-0.05, 0) is 42.5 Å². The Hall–Kier alpha value is -2.27. The van der Waals surface area contributed by atoms with E-state index in [1.807, 2.05) is 6.07 Å². The van der Waals surface area contributed by atoms with Crippen molar-refractivity contribution in [2.45, 2.75) is 23.2 Å². The molecule has 0 bridgehead atoms. The number of carbonyl (C=O) groups excluding carboxylic acids is 1. The third-order valence-electron chi connectivity index (χ3n) is 4.54. The van der Waals surface area contributed by atoms with Gasteiger partial charge < -0.3 is 15.0 Å². The second kappa shape index (κ2) is 7.63. The number of hydrogen-bond donors (Lipinski definition) is 2. The topological polar surface area (TPSA) is 104 Å². The Balaban J connectivity index is 1.44. The van der Waals surface area contributed by atoms with Crippen LogP contribution in [0.1, 0.15) is 24.8 Å². The summed E-state index contributed by atoms with van der Waals surface area (Å²) in [5, 5.41) is 4.43. The number of nitrogens with zero attached hydrogens (tertiary/aromatic N) is 2. The summed E-state index contributed by atoms with van der Waals surface area (Å²) in [5.74, 6) is 0.374. The van der Waals surface area contributed by atoms with Crippen molar-refractivity contribution in [3.8, 4) is 0 Å². The third-order valence-corrected chi connectivity index (χ3v) is 7.72. The molecule has 0 radical (unpaired) electrons. The third kappa shape index (κ3) is 3.81. The summed E-state index contributed by atoms with van der Waals surface area (Å²) in [6.07, 6.45) is 1.95. The van der Waals surface area contributed by atoms with Gasteiger partial charge in [-0.1, -0.05) is 6.07 Å². The number of imidazole rings is 1. The van der Waals surface area contributed by atoms with Crippen molar-refractivity contribution >= 4 is 44.0 Å². The molecule has 3 aromatic rings. The van der Waals surface area contributed by atoms with Crippen LogP contribution in [0.25, 0.3) is 11.0 Å². The Kier molecular flexibility index (Phi) is 5.19. The number of aromatic nitrogens is 2. The monoisotopic (exact) mass is 420 g/mol. The molecule has 2 N–H and O–H groups in total. The number of thiophene rings is 1. The van der Waals surface area contributed by atoms with E-state index in [1.54, 1.807) is 23.6 Å². The number of benzene rings is 1. The molecule has 1 unspecified atom stereocenters. The molecule has 0 saturated carbocycles. The summed E-state index contributed by atoms with van der Waals surface area (Å²) < 4.78 is 31.7. The fourth-order valence-electron chi connectivity index (χ4n) is 3.10. The predicted octanol–water partition coefficient (Wildman–Crippen LogP) is 2.74. The van der Waals surface area contributed by atoms with Crippen molar-refractivity contribution in [3.63, 3.8) is 0 Å². The molecule has 1 aliphatic heterocycles. The van der Waals surface area contributed by atoms with E-state index in [0.29, 0.717) is 5.69 Å². The van der Waals surface area contributed by atoms with Gasteiger partial charge >= 0.3 is 0 Å². The first-order valence-electron chi connectivity index (χ1n) is 8.84. The number of anilines is 1. The summed E-state index contributed by atoms with van der Waals surface area (Å²) in [5.41, 5.74) is 2.16. The SMILES string of the molecule is CN(CC(=O)Nc1ccc2nc(C3CCCO3)[nH]c2c1)S(=O)(=O)c1cccs1. The lowest BCUT2D eigenvalue weighted by Crippen LogP contribution is -2.34. The van der Waals surface area contributed by atoms with E-state index in [1.165, 1.54) is 13.1 Å². The largest absolute Gasteiger partial charge is 0.370 e. The molecular weight excluding hydrogens is 400 g/mol. The van der Waals surface area contributed by atoms with Gasteiger partial charge in [-0.3, -0.25) is 4.79 Å². The molecule has 0 spiro atoms. The van der Waals surface area contributed by atoms with Crippen LogP contribution in [0, 0.1) is 0 Å². The molecule has 3 heterocycles. The van der Waals surface area contributed by atoms with Gasteiger partial charge in [-0.2, -0.15) is 4.31 Å². The number of likely N-dealkylation sites (N-methyl/N-ethyl adjacent to an activating group) is 1. The summed E-state index contributed by atoms with van der Waals surface area (Å²) in [6.45, 7) is 0.466. The maximum atomic E-state index is 12.4. The average molecular weight is 421 g/mol. The van der Waals surface area contributed by atoms with Crippen molar-refractivity contribution in [1.29, 1.82) is 0 Å². The highest BCUT2D eigenvalue weighted by molar-refractivity contribution is 7.91. The molecule has 1 aliphatic rings. The van der Waals surface area contributed by atoms with Crippen LogP contribution in [0.5, 0.6) is 0 Å². The number of carbonyl (C=O) groups is 1. The van der Waals surface area contributed by atoms with Gasteiger partial charge in [0.15, 0.2) is 0 Å². The molecular formula is C18H20N4O4S2. The lowest BCUT2D eigenvalue weighted by molar-refractivity contribution is -0.116. The minimum atomic E-state index is -3.66. The van der Waals surface area contributed by atoms with Crippen molar-refractivity contribution in [2.75, 3.05) is 25.5 Å². The molecule has 1 aromatic carbocycles. The predicted molar refractivity (Wildman–Crippen MR) is 107 cm³/mol. The van der Waals surface area contributed by atoms with E-state index < -0.39 is 15.9 Å². The highest BCUT2D eigenvalue weighted by Gasteiger charge is 2.24. The van der Waals surface area contributed by atoms with Gasteiger partial charge in [-0.15, -0.1) is 11.3 Å². The number of rotatable bonds is 6. The molecule has 1 amide bonds. The first kappa shape index (κ1) is 19.1. The molecule has 8 nitrogen and oxygen atoms in total. The summed E-state index contributed by atoms with van der Waals surface area (Å²) in [4.78, 5) is 20.1. The first-order valence-corrected chi connectivity index (χ1v) is 11.2. The normalized spacial score (nSPS) is 17.4. The van der Waals surface area contributed by atoms with Crippen LogP contribution in [0.3, 0.4) is 0 Å². The number of aromatic amines is 1. The number of amides is 1. The van der Waals surface area contributed by atoms with Crippen molar-refractivity contribution < 1.29 is 17.9 Å². The minimum Gasteiger partial charge on any atom is -0.370 e. The van der Waals surface area contributed by atoms with Crippen LogP contribution in [-0.2, 0) is 19.6 Å². The van der Waals surface area contributed by atoms with Crippen LogP contribution in [0.2, 0.25) is 0 Å². The smallest absolute Gasteiger partial charge is 0.252 e. The zero-order chi connectivity index (χ0) is 19.7. The summed E-state index contributed by atoms with van der Waals surface area (Å²) in [6, 6.07) is 8.52. The molecule has 148 valence electrons. The van der Waals surface area contributed by atoms with E-state index in [0.717, 1.165) is 51.9 Å². The van der Waals surface area contributed by atoms with Gasteiger partial charge in [0, 0.05) is 19.3 Å². The van der Waals surface area contributed by atoms with Crippen LogP contribution in [-0.4, -0.2) is 48.8 Å². The van der Waals surface area contributed by atoms with Gasteiger partial charge in [-0.25, -0.2) is 13.4 Å². The highest BCUT2D eigenvalue weighted by Crippen LogP contribution is 2.28. The van der Waals surface area contributed by atoms with Gasteiger partial charge in [0.25, 0.3) is 10.0 Å². The lowest BCUT2D eigenvalue weighted by Gasteiger charge is -2.15. The fraction of sp³-hybridized carbons (Fsp3) is 0.333. The number of sulfonamides is 1. The average Bonchev–Trinajstić information content (AvgIpc) is 3.40. The highest BCUT2D eigenvalue weighted by atomic mass is 32.2. The van der Waals surface area contributed by atoms with Gasteiger partial charge in [0.05, 0.1) is 17.6 Å². The lowest BCUT2D eigenvalue weighted by atomic mass is 10.2. The molecule has 2 aromatic heterocycles. The summed E-state index contributed by atoms with van der Waals surface area (Å²) in [7, 11) is -2.27. The molecule has 1 fully saturated rings. The Labute approximate surface area is 166 Å². The molecule has 1 atom stereocenters. The quantitative estimate of drug-likeness (QED) is 0.638. The molecule has 4 rings (SSSR count). The Morgan fingerprint density at radius 3 is 3.00 bits per heavy atom. The molecule has 1 saturated heterocycles. The zero-order valence-electron chi connectivity index (χ0n) is 15.2. The minimum absolute atomic E-state index is 0.0125. The van der Waals surface area contributed by atoms with Gasteiger partial charge in [0.1, 0.15) is 16.1 Å². The standard InChI is InChI=1S/C18H20N4O4S2/c1-22(28(24,25)17-5-3-9-27-17)11-16(23)19-12-6-7-13-14(10-12)21-18(20-13)15-4-2-8-26-15/h3,5-7,9-10,15H,2,4,8,11H2,1H3,(H,19,23)(H,20,21). The van der Waals surface area contributed by atoms with Gasteiger partial charge in [0.2, 0.25) is 5.91 Å². The maximum absolute atomic E-state index is 12.4. The van der Waals surface area contributed by atoms with E-state index in [2.05, 4.69) is 15.3 Å². The number of H-pyrrole nitrogens is 1. The van der Waals surface area contributed by atoms with Crippen LogP contribution < -0.4 is 5.32 Å². The number of nitrogens with one attached hydrogen (secondary N) is 2. The Morgan fingerprint density at radius 2 is 2.29 bits per heavy atom. The number of ether oxygens (including phenoxy) is 1. The van der Waals surface area contributed by atoms with Crippen LogP contribution in [0.15, 0.2) is 39.9 Å².